The molecule has 0 saturated heterocycles. The summed E-state index contributed by atoms with van der Waals surface area (Å²) in [5, 5.41) is 13.6. The number of nitrogens with zero attached hydrogens (tertiary/aromatic N) is 1. The third kappa shape index (κ3) is 7.53. The van der Waals surface area contributed by atoms with Gasteiger partial charge in [0.25, 0.3) is 5.69 Å². The van der Waals surface area contributed by atoms with Gasteiger partial charge in [0.05, 0.1) is 17.6 Å². The SMILES string of the molecule is CCOC(=O)CNC(=O)[C@H](CC(C)C)NSc1ccccc1[N+](=O)[O-]. The minimum atomic E-state index is -0.598. The molecule has 0 aromatic heterocycles. The van der Waals surface area contributed by atoms with Gasteiger partial charge in [-0.1, -0.05) is 26.0 Å². The van der Waals surface area contributed by atoms with Crippen LogP contribution in [0, 0.1) is 16.0 Å². The second-order valence-electron chi connectivity index (χ2n) is 5.65. The lowest BCUT2D eigenvalue weighted by molar-refractivity contribution is -0.387. The van der Waals surface area contributed by atoms with Crippen LogP contribution in [0.3, 0.4) is 0 Å². The Morgan fingerprint density at radius 1 is 1.32 bits per heavy atom. The average molecular weight is 369 g/mol. The Kier molecular flexibility index (Phi) is 8.93. The summed E-state index contributed by atoms with van der Waals surface area (Å²) in [5.74, 6) is -0.643. The van der Waals surface area contributed by atoms with Gasteiger partial charge in [-0.3, -0.25) is 19.7 Å². The molecule has 1 atom stereocenters. The number of benzene rings is 1. The minimum absolute atomic E-state index is 0.0322. The number of nitrogens with one attached hydrogen (secondary N) is 2. The number of amides is 1. The van der Waals surface area contributed by atoms with Crippen LogP contribution in [0.4, 0.5) is 5.69 Å². The lowest BCUT2D eigenvalue weighted by Crippen LogP contribution is -2.44. The van der Waals surface area contributed by atoms with Crippen molar-refractivity contribution in [2.24, 2.45) is 5.92 Å². The van der Waals surface area contributed by atoms with E-state index in [1.807, 2.05) is 13.8 Å². The Morgan fingerprint density at radius 2 is 2.00 bits per heavy atom. The Morgan fingerprint density at radius 3 is 2.60 bits per heavy atom. The number of hydrogen-bond donors (Lipinski definition) is 2. The molecule has 0 unspecified atom stereocenters. The first-order valence-electron chi connectivity index (χ1n) is 7.94. The summed E-state index contributed by atoms with van der Waals surface area (Å²) in [6.07, 6.45) is 0.516. The molecular weight excluding hydrogens is 346 g/mol. The molecule has 0 spiro atoms. The van der Waals surface area contributed by atoms with Gasteiger partial charge in [-0.15, -0.1) is 0 Å². The number of hydrogen-bond acceptors (Lipinski definition) is 7. The fourth-order valence-corrected chi connectivity index (χ4v) is 2.87. The molecule has 0 fully saturated rings. The molecule has 138 valence electrons. The predicted molar refractivity (Wildman–Crippen MR) is 95.0 cm³/mol. The van der Waals surface area contributed by atoms with Crippen molar-refractivity contribution in [1.82, 2.24) is 10.0 Å². The van der Waals surface area contributed by atoms with Gasteiger partial charge in [-0.25, -0.2) is 4.72 Å². The first-order valence-corrected chi connectivity index (χ1v) is 8.75. The maximum Gasteiger partial charge on any atom is 0.325 e. The van der Waals surface area contributed by atoms with Crippen LogP contribution < -0.4 is 10.0 Å². The molecular formula is C16H23N3O5S. The highest BCUT2D eigenvalue weighted by Crippen LogP contribution is 2.27. The van der Waals surface area contributed by atoms with Crippen LogP contribution >= 0.6 is 11.9 Å². The standard InChI is InChI=1S/C16H23N3O5S/c1-4-24-15(20)10-17-16(21)12(9-11(2)3)18-25-14-8-6-5-7-13(14)19(22)23/h5-8,11-12,18H,4,9-10H2,1-3H3,(H,17,21)/t12-/m0/s1. The van der Waals surface area contributed by atoms with Gasteiger partial charge in [0.15, 0.2) is 0 Å². The second-order valence-corrected chi connectivity index (χ2v) is 6.53. The summed E-state index contributed by atoms with van der Waals surface area (Å²) in [6.45, 7) is 5.65. The Hall–Kier alpha value is -2.13. The number of rotatable bonds is 10. The highest BCUT2D eigenvalue weighted by Gasteiger charge is 2.22. The molecule has 25 heavy (non-hydrogen) atoms. The smallest absolute Gasteiger partial charge is 0.325 e. The molecule has 0 heterocycles. The molecule has 0 aliphatic heterocycles. The van der Waals surface area contributed by atoms with Crippen LogP contribution in [0.5, 0.6) is 0 Å². The van der Waals surface area contributed by atoms with Crippen molar-refractivity contribution in [2.45, 2.75) is 38.1 Å². The molecule has 9 heteroatoms. The van der Waals surface area contributed by atoms with Crippen molar-refractivity contribution in [3.63, 3.8) is 0 Å². The van der Waals surface area contributed by atoms with E-state index in [0.717, 1.165) is 11.9 Å². The Bertz CT molecular complexity index is 609. The normalized spacial score (nSPS) is 11.8. The maximum absolute atomic E-state index is 12.3. The summed E-state index contributed by atoms with van der Waals surface area (Å²) in [6, 6.07) is 5.69. The minimum Gasteiger partial charge on any atom is -0.465 e. The van der Waals surface area contributed by atoms with Gasteiger partial charge in [-0.2, -0.15) is 0 Å². The summed E-state index contributed by atoms with van der Waals surface area (Å²) in [5.41, 5.74) is -0.0322. The lowest BCUT2D eigenvalue weighted by Gasteiger charge is -2.19. The summed E-state index contributed by atoms with van der Waals surface area (Å²) < 4.78 is 7.74. The number of nitro benzene ring substituents is 1. The number of carbonyl (C=O) groups excluding carboxylic acids is 2. The van der Waals surface area contributed by atoms with Crippen LogP contribution in [0.1, 0.15) is 27.2 Å². The van der Waals surface area contributed by atoms with E-state index in [1.54, 1.807) is 25.1 Å². The van der Waals surface area contributed by atoms with Crippen molar-refractivity contribution < 1.29 is 19.2 Å². The van der Waals surface area contributed by atoms with E-state index in [4.69, 9.17) is 4.74 Å². The van der Waals surface area contributed by atoms with Crippen molar-refractivity contribution in [2.75, 3.05) is 13.2 Å². The second kappa shape index (κ2) is 10.7. The van der Waals surface area contributed by atoms with E-state index in [-0.39, 0.29) is 30.7 Å². The van der Waals surface area contributed by atoms with Crippen LogP contribution in [0.2, 0.25) is 0 Å². The Balaban J connectivity index is 2.71. The van der Waals surface area contributed by atoms with E-state index >= 15 is 0 Å². The van der Waals surface area contributed by atoms with Crippen LogP contribution in [0.15, 0.2) is 29.2 Å². The molecule has 0 aliphatic rings. The molecule has 8 nitrogen and oxygen atoms in total. The van der Waals surface area contributed by atoms with Gasteiger partial charge in [-0.05, 0) is 37.3 Å². The largest absolute Gasteiger partial charge is 0.465 e. The van der Waals surface area contributed by atoms with Gasteiger partial charge in [0, 0.05) is 6.07 Å². The monoisotopic (exact) mass is 369 g/mol. The summed E-state index contributed by atoms with van der Waals surface area (Å²) >= 11 is 1.03. The quantitative estimate of drug-likeness (QED) is 0.282. The third-order valence-electron chi connectivity index (χ3n) is 3.11. The molecule has 1 aromatic carbocycles. The van der Waals surface area contributed by atoms with Crippen molar-refractivity contribution in [3.05, 3.63) is 34.4 Å². The van der Waals surface area contributed by atoms with E-state index in [9.17, 15) is 19.7 Å². The van der Waals surface area contributed by atoms with Crippen LogP contribution in [0.25, 0.3) is 0 Å². The highest BCUT2D eigenvalue weighted by atomic mass is 32.2. The number of para-hydroxylation sites is 1. The van der Waals surface area contributed by atoms with Crippen LogP contribution in [-0.2, 0) is 14.3 Å². The zero-order valence-electron chi connectivity index (χ0n) is 14.5. The zero-order valence-corrected chi connectivity index (χ0v) is 15.3. The van der Waals surface area contributed by atoms with E-state index in [2.05, 4.69) is 10.0 Å². The zero-order chi connectivity index (χ0) is 18.8. The molecule has 0 aliphatic carbocycles. The number of ether oxygens (including phenoxy) is 1. The highest BCUT2D eigenvalue weighted by molar-refractivity contribution is 7.97. The van der Waals surface area contributed by atoms with E-state index in [0.29, 0.717) is 11.3 Å². The fraction of sp³-hybridized carbons (Fsp3) is 0.500. The molecule has 0 saturated carbocycles. The molecule has 0 radical (unpaired) electrons. The van der Waals surface area contributed by atoms with Crippen LogP contribution in [-0.4, -0.2) is 36.0 Å². The van der Waals surface area contributed by atoms with Gasteiger partial charge >= 0.3 is 5.97 Å². The number of nitro groups is 1. The van der Waals surface area contributed by atoms with Gasteiger partial charge in [0.1, 0.15) is 11.4 Å². The molecule has 1 rings (SSSR count). The molecule has 2 N–H and O–H groups in total. The topological polar surface area (TPSA) is 111 Å². The molecule has 1 amide bonds. The number of esters is 1. The lowest BCUT2D eigenvalue weighted by atomic mass is 10.0. The predicted octanol–water partition coefficient (Wildman–Crippen LogP) is 2.29. The Labute approximate surface area is 151 Å². The summed E-state index contributed by atoms with van der Waals surface area (Å²) in [4.78, 5) is 34.6. The van der Waals surface area contributed by atoms with Crippen molar-refractivity contribution in [3.8, 4) is 0 Å². The van der Waals surface area contributed by atoms with E-state index < -0.39 is 16.9 Å². The molecule has 0 bridgehead atoms. The summed E-state index contributed by atoms with van der Waals surface area (Å²) in [7, 11) is 0. The van der Waals surface area contributed by atoms with Gasteiger partial charge < -0.3 is 10.1 Å². The van der Waals surface area contributed by atoms with E-state index in [1.165, 1.54) is 6.07 Å². The third-order valence-corrected chi connectivity index (χ3v) is 4.08. The number of carbonyl (C=O) groups is 2. The maximum atomic E-state index is 12.3. The fourth-order valence-electron chi connectivity index (χ4n) is 2.00. The first-order chi connectivity index (χ1) is 11.8. The average Bonchev–Trinajstić information content (AvgIpc) is 2.56. The van der Waals surface area contributed by atoms with Crippen molar-refractivity contribution in [1.29, 1.82) is 0 Å². The van der Waals surface area contributed by atoms with Crippen molar-refractivity contribution >= 4 is 29.5 Å². The molecule has 1 aromatic rings. The van der Waals surface area contributed by atoms with Gasteiger partial charge in [0.2, 0.25) is 5.91 Å². The first kappa shape index (κ1) is 20.9.